The van der Waals surface area contributed by atoms with E-state index in [1.165, 1.54) is 6.07 Å². The molecule has 0 saturated heterocycles. The first-order chi connectivity index (χ1) is 8.02. The van der Waals surface area contributed by atoms with Crippen LogP contribution in [0.2, 0.25) is 0 Å². The fourth-order valence-electron chi connectivity index (χ4n) is 1.24. The fourth-order valence-corrected chi connectivity index (χ4v) is 1.24. The maximum atomic E-state index is 12.5. The van der Waals surface area contributed by atoms with Crippen LogP contribution in [0.4, 0.5) is 14.5 Å². The zero-order valence-electron chi connectivity index (χ0n) is 8.22. The van der Waals surface area contributed by atoms with Crippen LogP contribution in [-0.2, 0) is 6.42 Å². The Kier molecular flexibility index (Phi) is 3.62. The topological polar surface area (TPSA) is 104 Å². The summed E-state index contributed by atoms with van der Waals surface area (Å²) in [6.07, 6.45) is -2.84. The molecule has 8 heteroatoms. The van der Waals surface area contributed by atoms with Crippen LogP contribution in [0.1, 0.15) is 23.2 Å². The molecule has 0 bridgehead atoms. The lowest BCUT2D eigenvalue weighted by Crippen LogP contribution is -2.05. The molecule has 0 unspecified atom stereocenters. The number of hydrogen-bond donors (Lipinski definition) is 0. The highest BCUT2D eigenvalue weighted by Gasteiger charge is 2.29. The summed E-state index contributed by atoms with van der Waals surface area (Å²) >= 11 is 0. The van der Waals surface area contributed by atoms with Crippen molar-refractivity contribution < 1.29 is 13.7 Å². The molecule has 0 atom stereocenters. The van der Waals surface area contributed by atoms with Crippen LogP contribution in [0.15, 0.2) is 6.20 Å². The summed E-state index contributed by atoms with van der Waals surface area (Å²) in [4.78, 5) is 13.1. The molecule has 0 radical (unpaired) electrons. The van der Waals surface area contributed by atoms with Crippen LogP contribution in [0.25, 0.3) is 0 Å². The molecule has 0 aliphatic heterocycles. The quantitative estimate of drug-likeness (QED) is 0.590. The largest absolute Gasteiger partial charge is 0.299 e. The van der Waals surface area contributed by atoms with Crippen molar-refractivity contribution in [3.63, 3.8) is 0 Å². The van der Waals surface area contributed by atoms with E-state index in [0.29, 0.717) is 6.20 Å². The Bertz CT molecular complexity index is 545. The monoisotopic (exact) mass is 238 g/mol. The number of aromatic nitrogens is 1. The van der Waals surface area contributed by atoms with Gasteiger partial charge >= 0.3 is 0 Å². The maximum absolute atomic E-state index is 12.5. The van der Waals surface area contributed by atoms with Crippen molar-refractivity contribution in [3.05, 3.63) is 33.1 Å². The van der Waals surface area contributed by atoms with Crippen LogP contribution in [-0.4, -0.2) is 9.91 Å². The van der Waals surface area contributed by atoms with E-state index < -0.39 is 28.2 Å². The second-order valence-corrected chi connectivity index (χ2v) is 2.89. The molecular formula is C9H4F2N4O2. The molecular weight excluding hydrogens is 234 g/mol. The first-order valence-electron chi connectivity index (χ1n) is 4.24. The number of nitriles is 2. The van der Waals surface area contributed by atoms with Gasteiger partial charge in [-0.3, -0.25) is 15.1 Å². The molecule has 86 valence electrons. The summed E-state index contributed by atoms with van der Waals surface area (Å²) in [5, 5.41) is 27.8. The van der Waals surface area contributed by atoms with Crippen molar-refractivity contribution in [2.75, 3.05) is 0 Å². The van der Waals surface area contributed by atoms with Gasteiger partial charge in [0.05, 0.1) is 23.1 Å². The zero-order valence-corrected chi connectivity index (χ0v) is 8.22. The molecule has 1 heterocycles. The van der Waals surface area contributed by atoms with Gasteiger partial charge in [-0.15, -0.1) is 0 Å². The molecule has 17 heavy (non-hydrogen) atoms. The highest BCUT2D eigenvalue weighted by atomic mass is 19.3. The predicted octanol–water partition coefficient (Wildman–Crippen LogP) is 1.87. The summed E-state index contributed by atoms with van der Waals surface area (Å²) in [6.45, 7) is 0. The van der Waals surface area contributed by atoms with E-state index in [0.717, 1.165) is 0 Å². The van der Waals surface area contributed by atoms with Crippen molar-refractivity contribution in [3.8, 4) is 12.1 Å². The van der Waals surface area contributed by atoms with Gasteiger partial charge in [-0.2, -0.15) is 10.5 Å². The number of rotatable bonds is 3. The van der Waals surface area contributed by atoms with Crippen LogP contribution in [0.5, 0.6) is 0 Å². The molecule has 1 rings (SSSR count). The van der Waals surface area contributed by atoms with E-state index in [1.54, 1.807) is 6.07 Å². The minimum atomic E-state index is -3.11. The summed E-state index contributed by atoms with van der Waals surface area (Å²) in [5.74, 6) is 0. The van der Waals surface area contributed by atoms with Crippen LogP contribution in [0.3, 0.4) is 0 Å². The molecule has 0 amide bonds. The summed E-state index contributed by atoms with van der Waals surface area (Å²) < 4.78 is 25.0. The van der Waals surface area contributed by atoms with Gasteiger partial charge in [0.15, 0.2) is 5.56 Å². The molecule has 0 aliphatic rings. The molecule has 0 saturated carbocycles. The van der Waals surface area contributed by atoms with Gasteiger partial charge in [-0.1, -0.05) is 0 Å². The first-order valence-corrected chi connectivity index (χ1v) is 4.24. The minimum Gasteiger partial charge on any atom is -0.258 e. The third-order valence-electron chi connectivity index (χ3n) is 1.93. The van der Waals surface area contributed by atoms with E-state index in [-0.39, 0.29) is 12.1 Å². The lowest BCUT2D eigenvalue weighted by Gasteiger charge is -2.05. The van der Waals surface area contributed by atoms with Crippen LogP contribution >= 0.6 is 0 Å². The van der Waals surface area contributed by atoms with Crippen LogP contribution in [0, 0.1) is 32.8 Å². The number of pyridine rings is 1. The SMILES string of the molecule is N#CCc1ncc(C(F)F)c([N+](=O)[O-])c1C#N. The van der Waals surface area contributed by atoms with Gasteiger partial charge in [0.1, 0.15) is 11.6 Å². The average Bonchev–Trinajstić information content (AvgIpc) is 2.28. The molecule has 6 nitrogen and oxygen atoms in total. The normalized spacial score (nSPS) is 9.71. The highest BCUT2D eigenvalue weighted by Crippen LogP contribution is 2.32. The van der Waals surface area contributed by atoms with Gasteiger partial charge in [-0.05, 0) is 0 Å². The highest BCUT2D eigenvalue weighted by molar-refractivity contribution is 5.56. The number of halogens is 2. The lowest BCUT2D eigenvalue weighted by molar-refractivity contribution is -0.386. The molecule has 0 aromatic carbocycles. The number of nitrogens with zero attached hydrogens (tertiary/aromatic N) is 4. The van der Waals surface area contributed by atoms with E-state index in [2.05, 4.69) is 4.98 Å². The Labute approximate surface area is 93.9 Å². The standard InChI is InChI=1S/C9H4F2N4O2/c10-9(11)6-4-14-7(1-2-12)5(3-13)8(6)15(16)17/h4,9H,1H2. The zero-order chi connectivity index (χ0) is 13.0. The van der Waals surface area contributed by atoms with Gasteiger partial charge in [0, 0.05) is 6.20 Å². The molecule has 0 N–H and O–H groups in total. The Balaban J connectivity index is 3.58. The fraction of sp³-hybridized carbons (Fsp3) is 0.222. The van der Waals surface area contributed by atoms with E-state index in [4.69, 9.17) is 10.5 Å². The molecule has 0 spiro atoms. The average molecular weight is 238 g/mol. The molecule has 0 aliphatic carbocycles. The summed E-state index contributed by atoms with van der Waals surface area (Å²) in [5.41, 5.74) is -2.67. The number of alkyl halides is 2. The third-order valence-corrected chi connectivity index (χ3v) is 1.93. The molecule has 1 aromatic rings. The lowest BCUT2D eigenvalue weighted by atomic mass is 10.1. The van der Waals surface area contributed by atoms with Crippen molar-refractivity contribution in [2.45, 2.75) is 12.8 Å². The summed E-state index contributed by atoms with van der Waals surface area (Å²) in [7, 11) is 0. The van der Waals surface area contributed by atoms with E-state index in [1.807, 2.05) is 0 Å². The van der Waals surface area contributed by atoms with Gasteiger partial charge < -0.3 is 0 Å². The van der Waals surface area contributed by atoms with Crippen molar-refractivity contribution in [1.29, 1.82) is 10.5 Å². The Morgan fingerprint density at radius 2 is 2.18 bits per heavy atom. The second kappa shape index (κ2) is 4.94. The Morgan fingerprint density at radius 3 is 2.59 bits per heavy atom. The predicted molar refractivity (Wildman–Crippen MR) is 49.9 cm³/mol. The first kappa shape index (κ1) is 12.5. The van der Waals surface area contributed by atoms with Crippen molar-refractivity contribution in [1.82, 2.24) is 4.98 Å². The summed E-state index contributed by atoms with van der Waals surface area (Å²) in [6, 6.07) is 3.09. The number of hydrogen-bond acceptors (Lipinski definition) is 5. The van der Waals surface area contributed by atoms with E-state index >= 15 is 0 Å². The van der Waals surface area contributed by atoms with Crippen molar-refractivity contribution >= 4 is 5.69 Å². The maximum Gasteiger partial charge on any atom is 0.299 e. The van der Waals surface area contributed by atoms with Gasteiger partial charge in [0.2, 0.25) is 0 Å². The van der Waals surface area contributed by atoms with Gasteiger partial charge in [-0.25, -0.2) is 8.78 Å². The Morgan fingerprint density at radius 1 is 1.53 bits per heavy atom. The Hall–Kier alpha value is -2.61. The van der Waals surface area contributed by atoms with Crippen LogP contribution < -0.4 is 0 Å². The minimum absolute atomic E-state index is 0.175. The number of nitro groups is 1. The van der Waals surface area contributed by atoms with Crippen molar-refractivity contribution in [2.24, 2.45) is 0 Å². The third kappa shape index (κ3) is 2.32. The van der Waals surface area contributed by atoms with E-state index in [9.17, 15) is 18.9 Å². The second-order valence-electron chi connectivity index (χ2n) is 2.89. The smallest absolute Gasteiger partial charge is 0.258 e. The molecule has 1 aromatic heterocycles. The molecule has 0 fully saturated rings. The van der Waals surface area contributed by atoms with Gasteiger partial charge in [0.25, 0.3) is 12.1 Å².